The fourth-order valence-electron chi connectivity index (χ4n) is 1.43. The number of carboxylic acids is 1. The molecule has 1 aromatic carbocycles. The first-order valence-electron chi connectivity index (χ1n) is 5.04. The van der Waals surface area contributed by atoms with E-state index in [2.05, 4.69) is 0 Å². The molecule has 0 aliphatic rings. The number of hydrogen-bond acceptors (Lipinski definition) is 4. The quantitative estimate of drug-likeness (QED) is 0.370. The molecule has 0 heterocycles. The third-order valence-electron chi connectivity index (χ3n) is 2.16. The first-order chi connectivity index (χ1) is 7.95. The number of carboxylic acid groups (broad SMARTS) is 1. The van der Waals surface area contributed by atoms with Gasteiger partial charge in [0.05, 0.1) is 0 Å². The van der Waals surface area contributed by atoms with Gasteiger partial charge in [0.25, 0.3) is 5.78 Å². The van der Waals surface area contributed by atoms with Crippen molar-refractivity contribution in [3.63, 3.8) is 0 Å². The minimum absolute atomic E-state index is 0.121. The number of carbonyl (C=O) groups excluding carboxylic acids is 2. The molecule has 90 valence electrons. The Kier molecular flexibility index (Phi) is 3.98. The first-order valence-corrected chi connectivity index (χ1v) is 5.04. The van der Waals surface area contributed by atoms with E-state index in [1.54, 1.807) is 6.92 Å². The van der Waals surface area contributed by atoms with E-state index >= 15 is 0 Å². The minimum atomic E-state index is -1.50. The van der Waals surface area contributed by atoms with Gasteiger partial charge in [-0.2, -0.15) is 0 Å². The smallest absolute Gasteiger partial charge is 0.377 e. The van der Waals surface area contributed by atoms with Crippen LogP contribution in [-0.4, -0.2) is 22.8 Å². The lowest BCUT2D eigenvalue weighted by Crippen LogP contribution is -2.15. The molecular formula is C12H12O5. The number of carbonyl (C=O) groups is 3. The van der Waals surface area contributed by atoms with Crippen molar-refractivity contribution in [3.05, 3.63) is 29.3 Å². The van der Waals surface area contributed by atoms with Gasteiger partial charge in [0.1, 0.15) is 5.75 Å². The second-order valence-corrected chi connectivity index (χ2v) is 3.40. The zero-order valence-electron chi connectivity index (χ0n) is 9.52. The number of aliphatic carboxylic acids is 1. The number of ether oxygens (including phenoxy) is 1. The van der Waals surface area contributed by atoms with E-state index in [1.165, 1.54) is 25.1 Å². The first kappa shape index (κ1) is 12.9. The molecule has 0 radical (unpaired) electrons. The number of benzene rings is 1. The highest BCUT2D eigenvalue weighted by Crippen LogP contribution is 2.19. The van der Waals surface area contributed by atoms with E-state index in [9.17, 15) is 14.4 Å². The fraction of sp³-hybridized carbons (Fsp3) is 0.250. The van der Waals surface area contributed by atoms with Crippen LogP contribution in [0.1, 0.15) is 29.8 Å². The lowest BCUT2D eigenvalue weighted by Gasteiger charge is -2.07. The highest BCUT2D eigenvalue weighted by Gasteiger charge is 2.18. The normalized spacial score (nSPS) is 9.76. The molecule has 0 bridgehead atoms. The number of esters is 1. The summed E-state index contributed by atoms with van der Waals surface area (Å²) in [5.74, 6) is -2.63. The van der Waals surface area contributed by atoms with E-state index in [0.29, 0.717) is 17.7 Å². The van der Waals surface area contributed by atoms with Gasteiger partial charge in [0, 0.05) is 12.5 Å². The van der Waals surface area contributed by atoms with Crippen LogP contribution in [-0.2, 0) is 16.0 Å². The maximum absolute atomic E-state index is 11.4. The third-order valence-corrected chi connectivity index (χ3v) is 2.16. The molecule has 0 spiro atoms. The second-order valence-electron chi connectivity index (χ2n) is 3.40. The van der Waals surface area contributed by atoms with Crippen molar-refractivity contribution in [1.82, 2.24) is 0 Å². The van der Waals surface area contributed by atoms with Gasteiger partial charge in [-0.05, 0) is 30.2 Å². The van der Waals surface area contributed by atoms with Crippen LogP contribution in [0.25, 0.3) is 0 Å². The standard InChI is InChI=1S/C12H12O5/c1-3-8-6-9(17-7(2)13)4-5-10(8)11(14)12(15)16/h4-6H,3H2,1-2H3,(H,15,16). The number of aryl methyl sites for hydroxylation is 1. The average molecular weight is 236 g/mol. The summed E-state index contributed by atoms with van der Waals surface area (Å²) in [5.41, 5.74) is 0.659. The highest BCUT2D eigenvalue weighted by atomic mass is 16.5. The number of ketones is 1. The molecule has 0 saturated heterocycles. The molecule has 0 amide bonds. The summed E-state index contributed by atoms with van der Waals surface area (Å²) in [5, 5.41) is 8.64. The molecular weight excluding hydrogens is 224 g/mol. The van der Waals surface area contributed by atoms with Crippen molar-refractivity contribution < 1.29 is 24.2 Å². The Hall–Kier alpha value is -2.17. The summed E-state index contributed by atoms with van der Waals surface area (Å²) in [6.07, 6.45) is 0.476. The summed E-state index contributed by atoms with van der Waals surface area (Å²) >= 11 is 0. The van der Waals surface area contributed by atoms with E-state index in [1.807, 2.05) is 0 Å². The second kappa shape index (κ2) is 5.25. The summed E-state index contributed by atoms with van der Waals surface area (Å²) in [6.45, 7) is 3.05. The van der Waals surface area contributed by atoms with Crippen LogP contribution in [0.15, 0.2) is 18.2 Å². The van der Waals surface area contributed by atoms with Crippen LogP contribution in [0.5, 0.6) is 5.75 Å². The van der Waals surface area contributed by atoms with Crippen LogP contribution < -0.4 is 4.74 Å². The number of rotatable bonds is 4. The van der Waals surface area contributed by atoms with Gasteiger partial charge in [-0.15, -0.1) is 0 Å². The zero-order chi connectivity index (χ0) is 13.0. The molecule has 1 aromatic rings. The highest BCUT2D eigenvalue weighted by molar-refractivity contribution is 6.40. The lowest BCUT2D eigenvalue weighted by atomic mass is 10.0. The predicted molar refractivity (Wildman–Crippen MR) is 59.1 cm³/mol. The predicted octanol–water partition coefficient (Wildman–Crippen LogP) is 1.44. The Morgan fingerprint density at radius 2 is 1.94 bits per heavy atom. The molecule has 0 aliphatic carbocycles. The van der Waals surface area contributed by atoms with Crippen LogP contribution in [0.3, 0.4) is 0 Å². The Balaban J connectivity index is 3.13. The minimum Gasteiger partial charge on any atom is -0.475 e. The summed E-state index contributed by atoms with van der Waals surface area (Å²) in [6, 6.07) is 4.25. The fourth-order valence-corrected chi connectivity index (χ4v) is 1.43. The molecule has 17 heavy (non-hydrogen) atoms. The van der Waals surface area contributed by atoms with Gasteiger partial charge in [-0.25, -0.2) is 4.79 Å². The lowest BCUT2D eigenvalue weighted by molar-refractivity contribution is -0.132. The Morgan fingerprint density at radius 1 is 1.29 bits per heavy atom. The number of Topliss-reactive ketones (excluding diaryl/α,β-unsaturated/α-hetero) is 1. The van der Waals surface area contributed by atoms with Gasteiger partial charge in [0.2, 0.25) is 0 Å². The van der Waals surface area contributed by atoms with Crippen molar-refractivity contribution in [2.45, 2.75) is 20.3 Å². The third kappa shape index (κ3) is 3.14. The van der Waals surface area contributed by atoms with E-state index in [-0.39, 0.29) is 5.56 Å². The molecule has 0 saturated carbocycles. The molecule has 5 nitrogen and oxygen atoms in total. The molecule has 0 unspecified atom stereocenters. The summed E-state index contributed by atoms with van der Waals surface area (Å²) < 4.78 is 4.85. The van der Waals surface area contributed by atoms with Gasteiger partial charge in [-0.3, -0.25) is 9.59 Å². The van der Waals surface area contributed by atoms with E-state index < -0.39 is 17.7 Å². The van der Waals surface area contributed by atoms with Crippen molar-refractivity contribution in [2.24, 2.45) is 0 Å². The SMILES string of the molecule is CCc1cc(OC(C)=O)ccc1C(=O)C(=O)O. The molecule has 0 aromatic heterocycles. The Labute approximate surface area is 98.0 Å². The average Bonchev–Trinajstić information content (AvgIpc) is 2.27. The van der Waals surface area contributed by atoms with Crippen LogP contribution >= 0.6 is 0 Å². The molecule has 5 heteroatoms. The van der Waals surface area contributed by atoms with Gasteiger partial charge >= 0.3 is 11.9 Å². The van der Waals surface area contributed by atoms with Crippen molar-refractivity contribution in [1.29, 1.82) is 0 Å². The Bertz CT molecular complexity index is 476. The maximum Gasteiger partial charge on any atom is 0.377 e. The van der Waals surface area contributed by atoms with E-state index in [0.717, 1.165) is 0 Å². The molecule has 1 N–H and O–H groups in total. The van der Waals surface area contributed by atoms with Crippen LogP contribution in [0, 0.1) is 0 Å². The number of hydrogen-bond donors (Lipinski definition) is 1. The van der Waals surface area contributed by atoms with Gasteiger partial charge in [0.15, 0.2) is 0 Å². The molecule has 0 aliphatic heterocycles. The maximum atomic E-state index is 11.4. The molecule has 0 atom stereocenters. The Morgan fingerprint density at radius 3 is 2.41 bits per heavy atom. The molecule has 1 rings (SSSR count). The van der Waals surface area contributed by atoms with Crippen molar-refractivity contribution in [3.8, 4) is 5.75 Å². The van der Waals surface area contributed by atoms with Crippen LogP contribution in [0.2, 0.25) is 0 Å². The topological polar surface area (TPSA) is 80.7 Å². The monoisotopic (exact) mass is 236 g/mol. The summed E-state index contributed by atoms with van der Waals surface area (Å²) in [7, 11) is 0. The zero-order valence-corrected chi connectivity index (χ0v) is 9.52. The largest absolute Gasteiger partial charge is 0.475 e. The molecule has 0 fully saturated rings. The van der Waals surface area contributed by atoms with Crippen molar-refractivity contribution in [2.75, 3.05) is 0 Å². The van der Waals surface area contributed by atoms with Crippen molar-refractivity contribution >= 4 is 17.7 Å². The van der Waals surface area contributed by atoms with E-state index in [4.69, 9.17) is 9.84 Å². The summed E-state index contributed by atoms with van der Waals surface area (Å²) in [4.78, 5) is 32.7. The van der Waals surface area contributed by atoms with Gasteiger partial charge < -0.3 is 9.84 Å². The van der Waals surface area contributed by atoms with Gasteiger partial charge in [-0.1, -0.05) is 6.92 Å². The van der Waals surface area contributed by atoms with Crippen LogP contribution in [0.4, 0.5) is 0 Å².